The first kappa shape index (κ1) is 16.6. The number of hydrogen-bond donors (Lipinski definition) is 1. The van der Waals surface area contributed by atoms with Crippen LogP contribution in [0.3, 0.4) is 0 Å². The monoisotopic (exact) mass is 310 g/mol. The van der Waals surface area contributed by atoms with Crippen LogP contribution in [0.5, 0.6) is 0 Å². The fraction of sp³-hybridized carbons (Fsp3) is 0.647. The molecule has 1 N–H and O–H groups in total. The predicted octanol–water partition coefficient (Wildman–Crippen LogP) is 4.22. The Labute approximate surface area is 132 Å². The summed E-state index contributed by atoms with van der Waals surface area (Å²) in [5, 5.41) is 4.17. The van der Waals surface area contributed by atoms with Gasteiger partial charge in [0, 0.05) is 35.8 Å². The molecule has 2 atom stereocenters. The van der Waals surface area contributed by atoms with Crippen LogP contribution in [0.15, 0.2) is 18.2 Å². The number of anilines is 1. The Morgan fingerprint density at radius 3 is 2.95 bits per heavy atom. The number of thioether (sulfide) groups is 1. The van der Waals surface area contributed by atoms with Crippen LogP contribution < -0.4 is 10.2 Å². The van der Waals surface area contributed by atoms with Crippen LogP contribution in [0.1, 0.15) is 45.2 Å². The molecule has 0 bridgehead atoms. The van der Waals surface area contributed by atoms with Gasteiger partial charge in [0.1, 0.15) is 5.82 Å². The largest absolute Gasteiger partial charge is 0.369 e. The second kappa shape index (κ2) is 8.04. The van der Waals surface area contributed by atoms with E-state index in [-0.39, 0.29) is 11.9 Å². The van der Waals surface area contributed by atoms with Gasteiger partial charge in [0.15, 0.2) is 0 Å². The molecule has 4 heteroatoms. The van der Waals surface area contributed by atoms with E-state index in [1.54, 1.807) is 12.1 Å². The van der Waals surface area contributed by atoms with E-state index in [2.05, 4.69) is 42.7 Å². The summed E-state index contributed by atoms with van der Waals surface area (Å²) in [6, 6.07) is 5.43. The maximum absolute atomic E-state index is 13.7. The van der Waals surface area contributed by atoms with Crippen LogP contribution >= 0.6 is 11.8 Å². The van der Waals surface area contributed by atoms with E-state index < -0.39 is 0 Å². The van der Waals surface area contributed by atoms with E-state index in [0.717, 1.165) is 37.4 Å². The molecule has 0 aliphatic carbocycles. The molecule has 1 aromatic rings. The normalized spacial score (nSPS) is 20.6. The van der Waals surface area contributed by atoms with E-state index in [1.807, 2.05) is 6.07 Å². The van der Waals surface area contributed by atoms with Crippen LogP contribution in [-0.2, 0) is 0 Å². The van der Waals surface area contributed by atoms with E-state index in [9.17, 15) is 4.39 Å². The summed E-state index contributed by atoms with van der Waals surface area (Å²) < 4.78 is 13.7. The Bertz CT molecular complexity index is 452. The smallest absolute Gasteiger partial charge is 0.123 e. The zero-order valence-corrected chi connectivity index (χ0v) is 14.2. The van der Waals surface area contributed by atoms with Crippen LogP contribution in [-0.4, -0.2) is 30.6 Å². The Morgan fingerprint density at radius 1 is 1.43 bits per heavy atom. The van der Waals surface area contributed by atoms with Crippen molar-refractivity contribution in [3.63, 3.8) is 0 Å². The van der Waals surface area contributed by atoms with Crippen LogP contribution in [0.25, 0.3) is 0 Å². The van der Waals surface area contributed by atoms with Crippen molar-refractivity contribution in [3.05, 3.63) is 29.6 Å². The lowest BCUT2D eigenvalue weighted by Gasteiger charge is -2.35. The van der Waals surface area contributed by atoms with Crippen LogP contribution in [0, 0.1) is 5.82 Å². The molecule has 0 spiro atoms. The van der Waals surface area contributed by atoms with E-state index in [1.165, 1.54) is 12.1 Å². The first-order chi connectivity index (χ1) is 10.2. The van der Waals surface area contributed by atoms with Crippen LogP contribution in [0.4, 0.5) is 10.1 Å². The molecule has 118 valence electrons. The van der Waals surface area contributed by atoms with Crippen molar-refractivity contribution in [1.82, 2.24) is 5.32 Å². The summed E-state index contributed by atoms with van der Waals surface area (Å²) >= 11 is 2.06. The SMILES string of the molecule is CCCNC(C)c1cc(F)ccc1N1CCSC(CC)C1. The van der Waals surface area contributed by atoms with Gasteiger partial charge in [-0.3, -0.25) is 0 Å². The van der Waals surface area contributed by atoms with Gasteiger partial charge in [-0.15, -0.1) is 0 Å². The Hall–Kier alpha value is -0.740. The maximum Gasteiger partial charge on any atom is 0.123 e. The second-order valence-corrected chi connectivity index (χ2v) is 7.13. The Kier molecular flexibility index (Phi) is 6.37. The molecule has 2 unspecified atom stereocenters. The number of halogens is 1. The fourth-order valence-electron chi connectivity index (χ4n) is 2.82. The highest BCUT2D eigenvalue weighted by Crippen LogP contribution is 2.31. The maximum atomic E-state index is 13.7. The Morgan fingerprint density at radius 2 is 2.24 bits per heavy atom. The van der Waals surface area contributed by atoms with Crippen molar-refractivity contribution in [2.24, 2.45) is 0 Å². The summed E-state index contributed by atoms with van der Waals surface area (Å²) in [4.78, 5) is 2.43. The lowest BCUT2D eigenvalue weighted by Crippen LogP contribution is -2.38. The first-order valence-electron chi connectivity index (χ1n) is 8.05. The van der Waals surface area contributed by atoms with Crippen molar-refractivity contribution in [2.45, 2.75) is 44.9 Å². The number of benzene rings is 1. The summed E-state index contributed by atoms with van der Waals surface area (Å²) in [7, 11) is 0. The topological polar surface area (TPSA) is 15.3 Å². The Balaban J connectivity index is 2.21. The van der Waals surface area contributed by atoms with E-state index in [4.69, 9.17) is 0 Å². The molecule has 1 aliphatic heterocycles. The third kappa shape index (κ3) is 4.36. The quantitative estimate of drug-likeness (QED) is 0.847. The molecule has 1 fully saturated rings. The van der Waals surface area contributed by atoms with Crippen LogP contribution in [0.2, 0.25) is 0 Å². The minimum atomic E-state index is -0.141. The average Bonchev–Trinajstić information content (AvgIpc) is 2.52. The van der Waals surface area contributed by atoms with Gasteiger partial charge in [0.2, 0.25) is 0 Å². The second-order valence-electron chi connectivity index (χ2n) is 5.73. The molecule has 0 saturated carbocycles. The summed E-state index contributed by atoms with van der Waals surface area (Å²) in [6.07, 6.45) is 2.29. The van der Waals surface area contributed by atoms with Gasteiger partial charge in [0.05, 0.1) is 0 Å². The zero-order chi connectivity index (χ0) is 15.2. The summed E-state index contributed by atoms with van der Waals surface area (Å²) in [6.45, 7) is 9.62. The minimum absolute atomic E-state index is 0.141. The molecular weight excluding hydrogens is 283 g/mol. The molecular formula is C17H27FN2S. The highest BCUT2D eigenvalue weighted by atomic mass is 32.2. The van der Waals surface area contributed by atoms with Crippen molar-refractivity contribution in [3.8, 4) is 0 Å². The highest BCUT2D eigenvalue weighted by molar-refractivity contribution is 8.00. The number of nitrogens with one attached hydrogen (secondary N) is 1. The van der Waals surface area contributed by atoms with Crippen molar-refractivity contribution < 1.29 is 4.39 Å². The van der Waals surface area contributed by atoms with E-state index >= 15 is 0 Å². The molecule has 0 amide bonds. The molecule has 2 rings (SSSR count). The summed E-state index contributed by atoms with van der Waals surface area (Å²) in [5.74, 6) is 1.02. The molecule has 1 heterocycles. The molecule has 1 aliphatic rings. The number of nitrogens with zero attached hydrogens (tertiary/aromatic N) is 1. The van der Waals surface area contributed by atoms with Gasteiger partial charge in [-0.05, 0) is 50.1 Å². The van der Waals surface area contributed by atoms with Gasteiger partial charge < -0.3 is 10.2 Å². The highest BCUT2D eigenvalue weighted by Gasteiger charge is 2.22. The predicted molar refractivity (Wildman–Crippen MR) is 91.9 cm³/mol. The molecule has 2 nitrogen and oxygen atoms in total. The fourth-order valence-corrected chi connectivity index (χ4v) is 4.00. The first-order valence-corrected chi connectivity index (χ1v) is 9.10. The van der Waals surface area contributed by atoms with Gasteiger partial charge >= 0.3 is 0 Å². The van der Waals surface area contributed by atoms with E-state index in [0.29, 0.717) is 5.25 Å². The molecule has 1 aromatic carbocycles. The average molecular weight is 310 g/mol. The lowest BCUT2D eigenvalue weighted by molar-refractivity contribution is 0.560. The lowest BCUT2D eigenvalue weighted by atomic mass is 10.0. The van der Waals surface area contributed by atoms with Gasteiger partial charge in [0.25, 0.3) is 0 Å². The van der Waals surface area contributed by atoms with Crippen molar-refractivity contribution in [2.75, 3.05) is 30.3 Å². The molecule has 0 aromatic heterocycles. The molecule has 21 heavy (non-hydrogen) atoms. The van der Waals surface area contributed by atoms with Gasteiger partial charge in [-0.2, -0.15) is 11.8 Å². The van der Waals surface area contributed by atoms with Crippen molar-refractivity contribution in [1.29, 1.82) is 0 Å². The number of hydrogen-bond acceptors (Lipinski definition) is 3. The number of rotatable bonds is 6. The van der Waals surface area contributed by atoms with Gasteiger partial charge in [-0.1, -0.05) is 13.8 Å². The van der Waals surface area contributed by atoms with Gasteiger partial charge in [-0.25, -0.2) is 4.39 Å². The third-order valence-corrected chi connectivity index (χ3v) is 5.46. The zero-order valence-electron chi connectivity index (χ0n) is 13.4. The molecule has 1 saturated heterocycles. The van der Waals surface area contributed by atoms with Crippen molar-refractivity contribution >= 4 is 17.4 Å². The standard InChI is InChI=1S/C17H27FN2S/c1-4-8-19-13(3)16-11-14(18)6-7-17(16)20-9-10-21-15(5-2)12-20/h6-7,11,13,15,19H,4-5,8-10,12H2,1-3H3. The molecule has 0 radical (unpaired) electrons. The summed E-state index contributed by atoms with van der Waals surface area (Å²) in [5.41, 5.74) is 2.29. The third-order valence-electron chi connectivity index (χ3n) is 4.09. The minimum Gasteiger partial charge on any atom is -0.369 e.